The molecule has 7 heteroatoms. The van der Waals surface area contributed by atoms with Crippen LogP contribution in [-0.4, -0.2) is 29.6 Å². The van der Waals surface area contributed by atoms with Crippen LogP contribution in [-0.2, 0) is 14.3 Å². The van der Waals surface area contributed by atoms with Gasteiger partial charge < -0.3 is 9.53 Å². The molecule has 0 bridgehead atoms. The third-order valence-corrected chi connectivity index (χ3v) is 2.95. The second kappa shape index (κ2) is 7.28. The van der Waals surface area contributed by atoms with Gasteiger partial charge in [-0.15, -0.1) is 0 Å². The summed E-state index contributed by atoms with van der Waals surface area (Å²) in [4.78, 5) is 44.9. The number of ketones is 2. The van der Waals surface area contributed by atoms with E-state index in [9.17, 15) is 24.5 Å². The predicted molar refractivity (Wildman–Crippen MR) is 72.8 cm³/mol. The highest BCUT2D eigenvalue weighted by atomic mass is 16.6. The summed E-state index contributed by atoms with van der Waals surface area (Å²) in [7, 11) is 1.16. The summed E-state index contributed by atoms with van der Waals surface area (Å²) in [6, 6.07) is 4.94. The number of carbonyl (C=O) groups is 3. The van der Waals surface area contributed by atoms with Crippen molar-refractivity contribution in [1.29, 1.82) is 0 Å². The minimum absolute atomic E-state index is 0.0534. The minimum Gasteiger partial charge on any atom is -0.468 e. The number of nitro benzene ring substituents is 1. The Bertz CT molecular complexity index is 563. The fourth-order valence-electron chi connectivity index (χ4n) is 1.79. The fraction of sp³-hybridized carbons (Fsp3) is 0.357. The number of hydrogen-bond donors (Lipinski definition) is 0. The zero-order chi connectivity index (χ0) is 16.0. The summed E-state index contributed by atoms with van der Waals surface area (Å²) in [6.07, 6.45) is 0.135. The lowest BCUT2D eigenvalue weighted by Gasteiger charge is -2.12. The summed E-state index contributed by atoms with van der Waals surface area (Å²) >= 11 is 0. The van der Waals surface area contributed by atoms with Crippen LogP contribution in [0, 0.1) is 16.0 Å². The third-order valence-electron chi connectivity index (χ3n) is 2.95. The van der Waals surface area contributed by atoms with E-state index in [2.05, 4.69) is 4.74 Å². The third kappa shape index (κ3) is 4.48. The van der Waals surface area contributed by atoms with E-state index in [4.69, 9.17) is 0 Å². The van der Waals surface area contributed by atoms with Crippen LogP contribution in [0.4, 0.5) is 5.69 Å². The molecule has 0 aromatic heterocycles. The average Bonchev–Trinajstić information content (AvgIpc) is 2.46. The number of hydrogen-bond acceptors (Lipinski definition) is 6. The molecule has 0 fully saturated rings. The SMILES string of the molecule is COC(=O)C(CCC(C)=O)C(=O)c1ccc([N+](=O)[O-])cc1. The van der Waals surface area contributed by atoms with Gasteiger partial charge in [0.05, 0.1) is 12.0 Å². The lowest BCUT2D eigenvalue weighted by molar-refractivity contribution is -0.384. The molecule has 0 spiro atoms. The Morgan fingerprint density at radius 1 is 1.24 bits per heavy atom. The molecule has 1 aromatic rings. The van der Waals surface area contributed by atoms with Crippen LogP contribution in [0.1, 0.15) is 30.1 Å². The van der Waals surface area contributed by atoms with Crippen molar-refractivity contribution in [2.45, 2.75) is 19.8 Å². The van der Waals surface area contributed by atoms with Crippen LogP contribution >= 0.6 is 0 Å². The molecule has 1 atom stereocenters. The first-order valence-electron chi connectivity index (χ1n) is 6.22. The molecular formula is C14H15NO6. The molecule has 0 aliphatic rings. The molecule has 7 nitrogen and oxygen atoms in total. The van der Waals surface area contributed by atoms with E-state index in [0.717, 1.165) is 7.11 Å². The second-order valence-electron chi connectivity index (χ2n) is 4.48. The standard InChI is InChI=1S/C14H15NO6/c1-9(16)3-8-12(14(18)21-2)13(17)10-4-6-11(7-5-10)15(19)20/h4-7,12H,3,8H2,1-2H3. The largest absolute Gasteiger partial charge is 0.468 e. The molecular weight excluding hydrogens is 278 g/mol. The number of Topliss-reactive ketones (excluding diaryl/α,β-unsaturated/α-hetero) is 2. The van der Waals surface area contributed by atoms with Crippen molar-refractivity contribution in [3.05, 3.63) is 39.9 Å². The van der Waals surface area contributed by atoms with Gasteiger partial charge in [0.2, 0.25) is 0 Å². The van der Waals surface area contributed by atoms with E-state index in [0.29, 0.717) is 0 Å². The summed E-state index contributed by atoms with van der Waals surface area (Å²) in [6.45, 7) is 1.37. The second-order valence-corrected chi connectivity index (χ2v) is 4.48. The zero-order valence-corrected chi connectivity index (χ0v) is 11.7. The van der Waals surface area contributed by atoms with E-state index in [1.165, 1.54) is 31.2 Å². The number of esters is 1. The number of nitrogens with zero attached hydrogens (tertiary/aromatic N) is 1. The Balaban J connectivity index is 2.95. The number of ether oxygens (including phenoxy) is 1. The highest BCUT2D eigenvalue weighted by Gasteiger charge is 2.28. The van der Waals surface area contributed by atoms with Gasteiger partial charge >= 0.3 is 5.97 Å². The molecule has 112 valence electrons. The maximum absolute atomic E-state index is 12.3. The minimum atomic E-state index is -1.08. The number of benzene rings is 1. The molecule has 0 aliphatic carbocycles. The molecule has 0 saturated heterocycles. The monoisotopic (exact) mass is 293 g/mol. The first kappa shape index (κ1) is 16.5. The van der Waals surface area contributed by atoms with Gasteiger partial charge in [-0.25, -0.2) is 0 Å². The first-order chi connectivity index (χ1) is 9.86. The van der Waals surface area contributed by atoms with Crippen LogP contribution in [0.5, 0.6) is 0 Å². The Kier molecular flexibility index (Phi) is 5.71. The molecule has 0 N–H and O–H groups in total. The molecule has 0 radical (unpaired) electrons. The van der Waals surface area contributed by atoms with Gasteiger partial charge in [0, 0.05) is 24.1 Å². The Morgan fingerprint density at radius 2 is 1.81 bits per heavy atom. The van der Waals surface area contributed by atoms with Gasteiger partial charge in [0.25, 0.3) is 5.69 Å². The summed E-state index contributed by atoms with van der Waals surface area (Å²) in [5.41, 5.74) is 0.0180. The molecule has 0 saturated carbocycles. The predicted octanol–water partition coefficient (Wildman–Crippen LogP) is 1.94. The number of non-ortho nitro benzene ring substituents is 1. The smallest absolute Gasteiger partial charge is 0.316 e. The van der Waals surface area contributed by atoms with Crippen molar-refractivity contribution in [2.24, 2.45) is 5.92 Å². The van der Waals surface area contributed by atoms with Crippen LogP contribution in [0.25, 0.3) is 0 Å². The van der Waals surface area contributed by atoms with E-state index in [1.807, 2.05) is 0 Å². The molecule has 0 heterocycles. The quantitative estimate of drug-likeness (QED) is 0.250. The summed E-state index contributed by atoms with van der Waals surface area (Å²) in [5, 5.41) is 10.6. The van der Waals surface area contributed by atoms with Crippen molar-refractivity contribution in [3.8, 4) is 0 Å². The van der Waals surface area contributed by atoms with Crippen molar-refractivity contribution in [3.63, 3.8) is 0 Å². The lowest BCUT2D eigenvalue weighted by Crippen LogP contribution is -2.26. The lowest BCUT2D eigenvalue weighted by atomic mass is 9.92. The summed E-state index contributed by atoms with van der Waals surface area (Å²) < 4.78 is 4.57. The molecule has 0 amide bonds. The number of carbonyl (C=O) groups excluding carboxylic acids is 3. The highest BCUT2D eigenvalue weighted by Crippen LogP contribution is 2.19. The van der Waals surface area contributed by atoms with Crippen molar-refractivity contribution in [2.75, 3.05) is 7.11 Å². The van der Waals surface area contributed by atoms with Gasteiger partial charge in [-0.2, -0.15) is 0 Å². The zero-order valence-electron chi connectivity index (χ0n) is 11.7. The molecule has 1 unspecified atom stereocenters. The Labute approximate surface area is 121 Å². The van der Waals surface area contributed by atoms with Gasteiger partial charge in [-0.05, 0) is 25.5 Å². The summed E-state index contributed by atoms with van der Waals surface area (Å²) in [5.74, 6) is -2.46. The molecule has 0 aliphatic heterocycles. The number of nitro groups is 1. The normalized spacial score (nSPS) is 11.5. The number of rotatable bonds is 7. The van der Waals surface area contributed by atoms with E-state index < -0.39 is 22.6 Å². The Hall–Kier alpha value is -2.57. The topological polar surface area (TPSA) is 104 Å². The number of methoxy groups -OCH3 is 1. The van der Waals surface area contributed by atoms with E-state index in [1.54, 1.807) is 0 Å². The fourth-order valence-corrected chi connectivity index (χ4v) is 1.79. The highest BCUT2D eigenvalue weighted by molar-refractivity contribution is 6.08. The van der Waals surface area contributed by atoms with Crippen molar-refractivity contribution >= 4 is 23.2 Å². The van der Waals surface area contributed by atoms with E-state index in [-0.39, 0.29) is 29.9 Å². The molecule has 1 aromatic carbocycles. The van der Waals surface area contributed by atoms with Crippen molar-refractivity contribution < 1.29 is 24.0 Å². The van der Waals surface area contributed by atoms with Gasteiger partial charge in [-0.1, -0.05) is 0 Å². The van der Waals surface area contributed by atoms with Crippen LogP contribution < -0.4 is 0 Å². The average molecular weight is 293 g/mol. The van der Waals surface area contributed by atoms with Gasteiger partial charge in [0.15, 0.2) is 5.78 Å². The maximum atomic E-state index is 12.3. The van der Waals surface area contributed by atoms with Crippen LogP contribution in [0.15, 0.2) is 24.3 Å². The van der Waals surface area contributed by atoms with Crippen LogP contribution in [0.3, 0.4) is 0 Å². The Morgan fingerprint density at radius 3 is 2.24 bits per heavy atom. The molecule has 21 heavy (non-hydrogen) atoms. The van der Waals surface area contributed by atoms with Gasteiger partial charge in [-0.3, -0.25) is 19.7 Å². The van der Waals surface area contributed by atoms with Gasteiger partial charge in [0.1, 0.15) is 11.7 Å². The first-order valence-corrected chi connectivity index (χ1v) is 6.22. The van der Waals surface area contributed by atoms with E-state index >= 15 is 0 Å². The maximum Gasteiger partial charge on any atom is 0.316 e. The van der Waals surface area contributed by atoms with Crippen LogP contribution in [0.2, 0.25) is 0 Å². The molecule has 1 rings (SSSR count). The van der Waals surface area contributed by atoms with Crippen molar-refractivity contribution in [1.82, 2.24) is 0 Å².